The van der Waals surface area contributed by atoms with Crippen molar-refractivity contribution in [3.05, 3.63) is 29.6 Å². The lowest BCUT2D eigenvalue weighted by molar-refractivity contribution is -0.205. The molecule has 4 aliphatic rings. The van der Waals surface area contributed by atoms with Crippen LogP contribution in [0.25, 0.3) is 6.08 Å². The van der Waals surface area contributed by atoms with Crippen LogP contribution in [0.2, 0.25) is 0 Å². The molecule has 0 N–H and O–H groups in total. The fourth-order valence-corrected chi connectivity index (χ4v) is 9.91. The number of fused-ring (bicyclic) bond motifs is 7. The molecular formula is C31H47NO2. The van der Waals surface area contributed by atoms with Crippen LogP contribution in [0.1, 0.15) is 105 Å². The maximum atomic E-state index is 12.5. The molecule has 1 heterocycles. The highest BCUT2D eigenvalue weighted by atomic mass is 16.5. The summed E-state index contributed by atoms with van der Waals surface area (Å²) in [6.07, 6.45) is 17.1. The molecule has 1 aromatic rings. The third-order valence-electron chi connectivity index (χ3n) is 11.2. The van der Waals surface area contributed by atoms with Crippen molar-refractivity contribution in [3.63, 3.8) is 0 Å². The Bertz CT molecular complexity index is 1000. The van der Waals surface area contributed by atoms with Crippen molar-refractivity contribution >= 4 is 12.0 Å². The first-order valence-corrected chi connectivity index (χ1v) is 13.9. The number of aromatic nitrogens is 1. The number of hydrogen-bond acceptors (Lipinski definition) is 2. The second kappa shape index (κ2) is 7.74. The summed E-state index contributed by atoms with van der Waals surface area (Å²) in [5.74, 6) is 2.18. The van der Waals surface area contributed by atoms with E-state index in [9.17, 15) is 4.79 Å². The van der Waals surface area contributed by atoms with Crippen molar-refractivity contribution in [1.29, 1.82) is 0 Å². The summed E-state index contributed by atoms with van der Waals surface area (Å²) < 4.78 is 8.67. The molecule has 3 fully saturated rings. The maximum Gasteiger partial charge on any atom is 0.302 e. The Morgan fingerprint density at radius 3 is 2.47 bits per heavy atom. The Hall–Kier alpha value is -1.51. The number of hydrogen-bond donors (Lipinski definition) is 0. The predicted octanol–water partition coefficient (Wildman–Crippen LogP) is 7.63. The van der Waals surface area contributed by atoms with Crippen LogP contribution in [0, 0.1) is 39.9 Å². The summed E-state index contributed by atoms with van der Waals surface area (Å²) >= 11 is 0. The fraction of sp³-hybridized carbons (Fsp3) is 0.774. The van der Waals surface area contributed by atoms with Gasteiger partial charge < -0.3 is 9.30 Å². The van der Waals surface area contributed by atoms with Crippen molar-refractivity contribution in [1.82, 2.24) is 4.57 Å². The van der Waals surface area contributed by atoms with Gasteiger partial charge in [-0.1, -0.05) is 67.0 Å². The Balaban J connectivity index is 1.62. The van der Waals surface area contributed by atoms with E-state index in [1.807, 2.05) is 0 Å². The van der Waals surface area contributed by atoms with E-state index in [1.54, 1.807) is 6.92 Å². The zero-order valence-electron chi connectivity index (χ0n) is 22.9. The molecule has 1 aromatic heterocycles. The molecule has 0 aliphatic heterocycles. The second-order valence-corrected chi connectivity index (χ2v) is 14.2. The predicted molar refractivity (Wildman–Crippen MR) is 139 cm³/mol. The molecule has 0 radical (unpaired) electrons. The van der Waals surface area contributed by atoms with Crippen molar-refractivity contribution in [3.8, 4) is 0 Å². The summed E-state index contributed by atoms with van der Waals surface area (Å²) in [7, 11) is 0. The molecule has 7 atom stereocenters. The molecule has 3 heteroatoms. The number of ether oxygens (including phenoxy) is 1. The Morgan fingerprint density at radius 2 is 1.79 bits per heavy atom. The smallest absolute Gasteiger partial charge is 0.302 e. The van der Waals surface area contributed by atoms with Gasteiger partial charge in [0.25, 0.3) is 0 Å². The topological polar surface area (TPSA) is 31.2 Å². The number of nitrogens with zero attached hydrogens (tertiary/aromatic N) is 1. The second-order valence-electron chi connectivity index (χ2n) is 14.2. The largest absolute Gasteiger partial charge is 0.462 e. The van der Waals surface area contributed by atoms with Crippen molar-refractivity contribution in [2.75, 3.05) is 0 Å². The zero-order valence-corrected chi connectivity index (χ0v) is 22.9. The lowest BCUT2D eigenvalue weighted by Crippen LogP contribution is -2.66. The van der Waals surface area contributed by atoms with Gasteiger partial charge in [0.2, 0.25) is 0 Å². The van der Waals surface area contributed by atoms with Gasteiger partial charge in [-0.2, -0.15) is 0 Å². The SMILES string of the molecule is CC(=O)OC1CC2C3(C)CCCC(C)(C)C3CCC2(C)C2C=Cc3cn(CC(C)C)cc3C12C. The van der Waals surface area contributed by atoms with Gasteiger partial charge in [0.05, 0.1) is 0 Å². The molecule has 3 saturated carbocycles. The molecule has 4 aliphatic carbocycles. The lowest BCUT2D eigenvalue weighted by Gasteiger charge is -2.69. The normalized spacial score (nSPS) is 42.4. The van der Waals surface area contributed by atoms with Gasteiger partial charge >= 0.3 is 5.97 Å². The summed E-state index contributed by atoms with van der Waals surface area (Å²) in [4.78, 5) is 12.5. The molecule has 5 rings (SSSR count). The first-order chi connectivity index (χ1) is 15.8. The van der Waals surface area contributed by atoms with Gasteiger partial charge in [-0.3, -0.25) is 4.79 Å². The van der Waals surface area contributed by atoms with Crippen LogP contribution in [0.5, 0.6) is 0 Å². The van der Waals surface area contributed by atoms with Crippen LogP contribution >= 0.6 is 0 Å². The van der Waals surface area contributed by atoms with Gasteiger partial charge in [0.15, 0.2) is 0 Å². The number of carbonyl (C=O) groups excluding carboxylic acids is 1. The third kappa shape index (κ3) is 3.31. The van der Waals surface area contributed by atoms with E-state index in [-0.39, 0.29) is 22.9 Å². The fourth-order valence-electron chi connectivity index (χ4n) is 9.91. The van der Waals surface area contributed by atoms with Gasteiger partial charge in [-0.15, -0.1) is 0 Å². The van der Waals surface area contributed by atoms with Crippen LogP contribution in [-0.4, -0.2) is 16.6 Å². The van der Waals surface area contributed by atoms with Crippen LogP contribution in [0.4, 0.5) is 0 Å². The van der Waals surface area contributed by atoms with E-state index in [4.69, 9.17) is 4.74 Å². The lowest BCUT2D eigenvalue weighted by atomic mass is 9.36. The Morgan fingerprint density at radius 1 is 1.06 bits per heavy atom. The monoisotopic (exact) mass is 465 g/mol. The first kappa shape index (κ1) is 24.2. The van der Waals surface area contributed by atoms with Gasteiger partial charge in [-0.05, 0) is 83.1 Å². The molecule has 7 unspecified atom stereocenters. The highest BCUT2D eigenvalue weighted by molar-refractivity contribution is 5.67. The van der Waals surface area contributed by atoms with E-state index >= 15 is 0 Å². The standard InChI is InChI=1S/C31H47NO2/c1-20(2)17-32-18-22-10-11-25-30(7)15-12-24-28(4,5)13-9-14-29(24,6)26(30)16-27(34-21(3)33)31(25,8)23(22)19-32/h10-11,18-20,24-27H,9,12-17H2,1-8H3. The number of carbonyl (C=O) groups is 1. The number of allylic oxidation sites excluding steroid dienone is 1. The van der Waals surface area contributed by atoms with Gasteiger partial charge in [0, 0.05) is 31.3 Å². The van der Waals surface area contributed by atoms with Crippen molar-refractivity contribution in [2.45, 2.75) is 112 Å². The van der Waals surface area contributed by atoms with Crippen molar-refractivity contribution in [2.24, 2.45) is 39.9 Å². The molecule has 0 saturated heterocycles. The number of rotatable bonds is 3. The third-order valence-corrected chi connectivity index (χ3v) is 11.2. The quantitative estimate of drug-likeness (QED) is 0.430. The minimum absolute atomic E-state index is 0.0766. The molecule has 0 spiro atoms. The minimum atomic E-state index is -0.184. The number of esters is 1. The summed E-state index contributed by atoms with van der Waals surface area (Å²) in [5.41, 5.74) is 3.46. The Kier molecular flexibility index (Phi) is 5.51. The van der Waals surface area contributed by atoms with Crippen LogP contribution in [0.15, 0.2) is 18.5 Å². The van der Waals surface area contributed by atoms with E-state index in [2.05, 4.69) is 77.6 Å². The summed E-state index contributed by atoms with van der Waals surface area (Å²) in [5, 5.41) is 0. The first-order valence-electron chi connectivity index (χ1n) is 13.9. The zero-order chi connectivity index (χ0) is 24.7. The van der Waals surface area contributed by atoms with E-state index in [0.29, 0.717) is 28.6 Å². The maximum absolute atomic E-state index is 12.5. The minimum Gasteiger partial charge on any atom is -0.462 e. The molecule has 0 aromatic carbocycles. The van der Waals surface area contributed by atoms with Gasteiger partial charge in [-0.25, -0.2) is 0 Å². The van der Waals surface area contributed by atoms with Crippen LogP contribution in [0.3, 0.4) is 0 Å². The summed E-state index contributed by atoms with van der Waals surface area (Å²) in [6.45, 7) is 19.8. The van der Waals surface area contributed by atoms with E-state index < -0.39 is 0 Å². The molecule has 188 valence electrons. The average Bonchev–Trinajstić information content (AvgIpc) is 3.11. The molecule has 0 bridgehead atoms. The molecule has 0 amide bonds. The molecule has 34 heavy (non-hydrogen) atoms. The highest BCUT2D eigenvalue weighted by Crippen LogP contribution is 2.72. The Labute approximate surface area is 207 Å². The van der Waals surface area contributed by atoms with Crippen LogP contribution in [-0.2, 0) is 21.5 Å². The molecular weight excluding hydrogens is 418 g/mol. The average molecular weight is 466 g/mol. The van der Waals surface area contributed by atoms with Crippen LogP contribution < -0.4 is 0 Å². The van der Waals surface area contributed by atoms with E-state index in [1.165, 1.54) is 43.2 Å². The summed E-state index contributed by atoms with van der Waals surface area (Å²) in [6, 6.07) is 0. The molecule has 3 nitrogen and oxygen atoms in total. The van der Waals surface area contributed by atoms with Gasteiger partial charge in [0.1, 0.15) is 6.10 Å². The van der Waals surface area contributed by atoms with Crippen molar-refractivity contribution < 1.29 is 9.53 Å². The van der Waals surface area contributed by atoms with E-state index in [0.717, 1.165) is 18.9 Å². The highest BCUT2D eigenvalue weighted by Gasteiger charge is 2.67.